The van der Waals surface area contributed by atoms with Gasteiger partial charge in [0.15, 0.2) is 0 Å². The third kappa shape index (κ3) is 4.26. The highest BCUT2D eigenvalue weighted by Gasteiger charge is 2.18. The van der Waals surface area contributed by atoms with Crippen LogP contribution in [0.15, 0.2) is 0 Å². The number of aryl methyl sites for hydroxylation is 2. The van der Waals surface area contributed by atoms with Crippen molar-refractivity contribution in [2.45, 2.75) is 65.0 Å². The molecule has 1 aromatic rings. The average molecular weight is 282 g/mol. The number of thiazole rings is 1. The lowest BCUT2D eigenvalue weighted by Crippen LogP contribution is -2.26. The topological polar surface area (TPSA) is 45.1 Å². The molecule has 0 aromatic carbocycles. The van der Waals surface area contributed by atoms with E-state index in [0.29, 0.717) is 12.0 Å². The number of nitrogens with one attached hydrogen (secondary N) is 1. The number of fused-ring (bicyclic) bond motifs is 1. The van der Waals surface area contributed by atoms with Crippen LogP contribution in [0, 0.1) is 5.92 Å². The van der Waals surface area contributed by atoms with Gasteiger partial charge in [0, 0.05) is 4.88 Å². The minimum Gasteiger partial charge on any atom is -0.393 e. The Bertz CT molecular complexity index is 379. The maximum absolute atomic E-state index is 9.38. The van der Waals surface area contributed by atoms with E-state index in [2.05, 4.69) is 19.2 Å². The van der Waals surface area contributed by atoms with Crippen LogP contribution >= 0.6 is 11.3 Å². The van der Waals surface area contributed by atoms with Gasteiger partial charge in [0.25, 0.3) is 0 Å². The molecule has 0 fully saturated rings. The second-order valence-corrected chi connectivity index (χ2v) is 7.06. The summed E-state index contributed by atoms with van der Waals surface area (Å²) in [7, 11) is 0. The van der Waals surface area contributed by atoms with Crippen molar-refractivity contribution in [3.8, 4) is 0 Å². The van der Waals surface area contributed by atoms with Gasteiger partial charge in [0.1, 0.15) is 5.01 Å². The third-order valence-corrected chi connectivity index (χ3v) is 5.09. The van der Waals surface area contributed by atoms with Gasteiger partial charge in [-0.05, 0) is 58.4 Å². The first-order chi connectivity index (χ1) is 9.06. The lowest BCUT2D eigenvalue weighted by Gasteiger charge is -2.17. The summed E-state index contributed by atoms with van der Waals surface area (Å²) < 4.78 is 0. The number of hydrogen-bond donors (Lipinski definition) is 2. The molecule has 3 atom stereocenters. The summed E-state index contributed by atoms with van der Waals surface area (Å²) >= 11 is 1.89. The van der Waals surface area contributed by atoms with Gasteiger partial charge in [-0.3, -0.25) is 0 Å². The molecule has 0 saturated carbocycles. The minimum absolute atomic E-state index is 0.209. The Balaban J connectivity index is 1.85. The number of rotatable bonds is 6. The molecule has 0 spiro atoms. The van der Waals surface area contributed by atoms with Crippen LogP contribution in [0.1, 0.15) is 61.7 Å². The van der Waals surface area contributed by atoms with E-state index < -0.39 is 0 Å². The summed E-state index contributed by atoms with van der Waals surface area (Å²) in [6.45, 7) is 7.17. The number of aliphatic hydroxyl groups excluding tert-OH is 1. The SMILES string of the molecule is CC(O)CC(C)CNC(C)c1nc2c(s1)CCCC2. The van der Waals surface area contributed by atoms with Crippen molar-refractivity contribution in [2.75, 3.05) is 6.54 Å². The fourth-order valence-electron chi connectivity index (χ4n) is 2.69. The van der Waals surface area contributed by atoms with Gasteiger partial charge in [-0.15, -0.1) is 11.3 Å². The van der Waals surface area contributed by atoms with E-state index in [1.54, 1.807) is 0 Å². The van der Waals surface area contributed by atoms with Crippen molar-refractivity contribution in [1.82, 2.24) is 10.3 Å². The highest BCUT2D eigenvalue weighted by Crippen LogP contribution is 2.29. The molecule has 0 bridgehead atoms. The Morgan fingerprint density at radius 1 is 1.26 bits per heavy atom. The molecular formula is C15H26N2OS. The molecule has 1 aliphatic rings. The van der Waals surface area contributed by atoms with Crippen molar-refractivity contribution in [2.24, 2.45) is 5.92 Å². The van der Waals surface area contributed by atoms with Crippen LogP contribution in [0.3, 0.4) is 0 Å². The second-order valence-electron chi connectivity index (χ2n) is 5.95. The zero-order chi connectivity index (χ0) is 13.8. The number of aliphatic hydroxyl groups is 1. The van der Waals surface area contributed by atoms with E-state index in [1.165, 1.54) is 34.8 Å². The van der Waals surface area contributed by atoms with Gasteiger partial charge in [-0.2, -0.15) is 0 Å². The van der Waals surface area contributed by atoms with E-state index in [1.807, 2.05) is 18.3 Å². The Labute approximate surface area is 120 Å². The summed E-state index contributed by atoms with van der Waals surface area (Å²) in [6.07, 6.45) is 5.65. The lowest BCUT2D eigenvalue weighted by molar-refractivity contribution is 0.162. The molecule has 2 rings (SSSR count). The molecule has 0 saturated heterocycles. The van der Waals surface area contributed by atoms with Gasteiger partial charge in [0.2, 0.25) is 0 Å². The minimum atomic E-state index is -0.209. The molecule has 0 aliphatic heterocycles. The van der Waals surface area contributed by atoms with Gasteiger partial charge in [0.05, 0.1) is 17.8 Å². The van der Waals surface area contributed by atoms with Crippen molar-refractivity contribution >= 4 is 11.3 Å². The van der Waals surface area contributed by atoms with Crippen LogP contribution in [0.2, 0.25) is 0 Å². The number of nitrogens with zero attached hydrogens (tertiary/aromatic N) is 1. The first-order valence-corrected chi connectivity index (χ1v) is 8.27. The first-order valence-electron chi connectivity index (χ1n) is 7.46. The summed E-state index contributed by atoms with van der Waals surface area (Å²) in [6, 6.07) is 0.326. The Morgan fingerprint density at radius 2 is 2.00 bits per heavy atom. The maximum Gasteiger partial charge on any atom is 0.110 e. The van der Waals surface area contributed by atoms with Crippen molar-refractivity contribution in [3.63, 3.8) is 0 Å². The Morgan fingerprint density at radius 3 is 2.68 bits per heavy atom. The van der Waals surface area contributed by atoms with Gasteiger partial charge >= 0.3 is 0 Å². The van der Waals surface area contributed by atoms with Crippen molar-refractivity contribution < 1.29 is 5.11 Å². The molecule has 3 unspecified atom stereocenters. The average Bonchev–Trinajstić information content (AvgIpc) is 2.78. The normalized spacial score (nSPS) is 19.8. The van der Waals surface area contributed by atoms with Crippen LogP contribution in [-0.2, 0) is 12.8 Å². The molecule has 0 radical (unpaired) electrons. The molecular weight excluding hydrogens is 256 g/mol. The quantitative estimate of drug-likeness (QED) is 0.843. The molecule has 0 amide bonds. The van der Waals surface area contributed by atoms with Crippen LogP contribution < -0.4 is 5.32 Å². The molecule has 1 aromatic heterocycles. The molecule has 1 heterocycles. The fraction of sp³-hybridized carbons (Fsp3) is 0.800. The van der Waals surface area contributed by atoms with Crippen LogP contribution in [-0.4, -0.2) is 22.7 Å². The van der Waals surface area contributed by atoms with E-state index in [0.717, 1.165) is 19.4 Å². The van der Waals surface area contributed by atoms with E-state index in [9.17, 15) is 5.11 Å². The fourth-order valence-corrected chi connectivity index (χ4v) is 3.87. The zero-order valence-corrected chi connectivity index (χ0v) is 13.1. The number of hydrogen-bond acceptors (Lipinski definition) is 4. The number of aromatic nitrogens is 1. The van der Waals surface area contributed by atoms with Crippen LogP contribution in [0.25, 0.3) is 0 Å². The molecule has 2 N–H and O–H groups in total. The predicted octanol–water partition coefficient (Wildman–Crippen LogP) is 3.08. The molecule has 108 valence electrons. The molecule has 4 heteroatoms. The van der Waals surface area contributed by atoms with Crippen LogP contribution in [0.5, 0.6) is 0 Å². The zero-order valence-electron chi connectivity index (χ0n) is 12.3. The monoisotopic (exact) mass is 282 g/mol. The summed E-state index contributed by atoms with van der Waals surface area (Å²) in [5, 5.41) is 14.2. The summed E-state index contributed by atoms with van der Waals surface area (Å²) in [5.41, 5.74) is 1.34. The Hall–Kier alpha value is -0.450. The third-order valence-electron chi connectivity index (χ3n) is 3.75. The van der Waals surface area contributed by atoms with E-state index >= 15 is 0 Å². The molecule has 3 nitrogen and oxygen atoms in total. The van der Waals surface area contributed by atoms with Crippen molar-refractivity contribution in [3.05, 3.63) is 15.6 Å². The largest absolute Gasteiger partial charge is 0.393 e. The molecule has 19 heavy (non-hydrogen) atoms. The maximum atomic E-state index is 9.38. The smallest absolute Gasteiger partial charge is 0.110 e. The highest BCUT2D eigenvalue weighted by atomic mass is 32.1. The van der Waals surface area contributed by atoms with Crippen molar-refractivity contribution in [1.29, 1.82) is 0 Å². The van der Waals surface area contributed by atoms with Gasteiger partial charge in [-0.1, -0.05) is 6.92 Å². The summed E-state index contributed by atoms with van der Waals surface area (Å²) in [5.74, 6) is 0.497. The standard InChI is InChI=1S/C15H26N2OS/c1-10(8-11(2)18)9-16-12(3)15-17-13-6-4-5-7-14(13)19-15/h10-12,16,18H,4-9H2,1-3H3. The Kier molecular flexibility index (Phi) is 5.37. The van der Waals surface area contributed by atoms with Gasteiger partial charge in [-0.25, -0.2) is 4.98 Å². The molecule has 1 aliphatic carbocycles. The first kappa shape index (κ1) is 14.9. The van der Waals surface area contributed by atoms with E-state index in [-0.39, 0.29) is 6.10 Å². The van der Waals surface area contributed by atoms with Gasteiger partial charge < -0.3 is 10.4 Å². The van der Waals surface area contributed by atoms with Crippen LogP contribution in [0.4, 0.5) is 0 Å². The van der Waals surface area contributed by atoms with E-state index in [4.69, 9.17) is 4.98 Å². The predicted molar refractivity (Wildman–Crippen MR) is 80.6 cm³/mol. The highest BCUT2D eigenvalue weighted by molar-refractivity contribution is 7.11. The lowest BCUT2D eigenvalue weighted by atomic mass is 10.0. The summed E-state index contributed by atoms with van der Waals surface area (Å²) in [4.78, 5) is 6.30. The second kappa shape index (κ2) is 6.82.